The fraction of sp³-hybridized carbons (Fsp3) is 0.357. The van der Waals surface area contributed by atoms with E-state index in [1.165, 1.54) is 12.1 Å². The van der Waals surface area contributed by atoms with Gasteiger partial charge in [-0.05, 0) is 25.5 Å². The van der Waals surface area contributed by atoms with Crippen LogP contribution >= 0.6 is 0 Å². The second-order valence-electron chi connectivity index (χ2n) is 5.18. The minimum atomic E-state index is -0.570. The van der Waals surface area contributed by atoms with Crippen molar-refractivity contribution < 1.29 is 14.3 Å². The van der Waals surface area contributed by atoms with E-state index in [0.29, 0.717) is 18.9 Å². The number of phenols is 1. The number of aromatic hydroxyl groups is 1. The standard InChI is InChI=1S/C14H15FN4O2/c1-8-16-13(18-17-8)9-4-5-19(7-9)14(21)11-3-2-10(15)6-12(11)20/h2-3,6,9,20H,4-5,7H2,1H3,(H,16,17,18). The minimum absolute atomic E-state index is 0.0847. The summed E-state index contributed by atoms with van der Waals surface area (Å²) in [6.45, 7) is 2.88. The molecule has 0 aliphatic carbocycles. The Hall–Kier alpha value is -2.44. The Balaban J connectivity index is 1.75. The lowest BCUT2D eigenvalue weighted by atomic mass is 10.1. The van der Waals surface area contributed by atoms with E-state index in [9.17, 15) is 14.3 Å². The van der Waals surface area contributed by atoms with Gasteiger partial charge in [0, 0.05) is 25.1 Å². The molecule has 1 amide bonds. The number of H-pyrrole nitrogens is 1. The highest BCUT2D eigenvalue weighted by Crippen LogP contribution is 2.28. The molecule has 1 unspecified atom stereocenters. The van der Waals surface area contributed by atoms with Crippen LogP contribution in [-0.4, -0.2) is 44.2 Å². The summed E-state index contributed by atoms with van der Waals surface area (Å²) in [5.74, 6) is 0.317. The Labute approximate surface area is 120 Å². The number of halogens is 1. The number of amides is 1. The molecule has 0 spiro atoms. The average molecular weight is 290 g/mol. The quantitative estimate of drug-likeness (QED) is 0.880. The fourth-order valence-corrected chi connectivity index (χ4v) is 2.55. The molecule has 1 aliphatic rings. The molecule has 3 rings (SSSR count). The molecular weight excluding hydrogens is 275 g/mol. The molecule has 1 aliphatic heterocycles. The molecule has 2 heterocycles. The van der Waals surface area contributed by atoms with Gasteiger partial charge in [-0.2, -0.15) is 5.10 Å². The van der Waals surface area contributed by atoms with Crippen molar-refractivity contribution in [3.8, 4) is 5.75 Å². The Bertz CT molecular complexity index is 685. The lowest BCUT2D eigenvalue weighted by Gasteiger charge is -2.16. The second kappa shape index (κ2) is 5.16. The Kier molecular flexibility index (Phi) is 3.32. The van der Waals surface area contributed by atoms with Crippen molar-refractivity contribution in [2.45, 2.75) is 19.3 Å². The molecule has 1 aromatic carbocycles. The Morgan fingerprint density at radius 2 is 2.33 bits per heavy atom. The van der Waals surface area contributed by atoms with Crippen molar-refractivity contribution in [3.05, 3.63) is 41.2 Å². The topological polar surface area (TPSA) is 82.1 Å². The molecule has 7 heteroatoms. The van der Waals surface area contributed by atoms with E-state index in [4.69, 9.17) is 0 Å². The predicted molar refractivity (Wildman–Crippen MR) is 72.4 cm³/mol. The zero-order valence-electron chi connectivity index (χ0n) is 11.5. The first-order valence-corrected chi connectivity index (χ1v) is 6.71. The van der Waals surface area contributed by atoms with Gasteiger partial charge in [0.25, 0.3) is 5.91 Å². The maximum Gasteiger partial charge on any atom is 0.257 e. The molecule has 1 fully saturated rings. The fourth-order valence-electron chi connectivity index (χ4n) is 2.55. The third kappa shape index (κ3) is 2.58. The lowest BCUT2D eigenvalue weighted by Crippen LogP contribution is -2.28. The molecule has 0 bridgehead atoms. The largest absolute Gasteiger partial charge is 0.507 e. The van der Waals surface area contributed by atoms with E-state index in [0.717, 1.165) is 18.3 Å². The number of phenolic OH excluding ortho intramolecular Hbond substituents is 1. The van der Waals surface area contributed by atoms with Crippen LogP contribution in [-0.2, 0) is 0 Å². The average Bonchev–Trinajstić information content (AvgIpc) is 3.06. The molecule has 1 aromatic heterocycles. The number of carbonyl (C=O) groups excluding carboxylic acids is 1. The van der Waals surface area contributed by atoms with Crippen molar-refractivity contribution in [1.29, 1.82) is 0 Å². The number of hydrogen-bond acceptors (Lipinski definition) is 4. The first kappa shape index (κ1) is 13.5. The third-order valence-corrected chi connectivity index (χ3v) is 3.65. The number of likely N-dealkylation sites (tertiary alicyclic amines) is 1. The van der Waals surface area contributed by atoms with Crippen LogP contribution in [0.1, 0.15) is 34.3 Å². The van der Waals surface area contributed by atoms with Crippen LogP contribution in [0, 0.1) is 12.7 Å². The number of hydrogen-bond donors (Lipinski definition) is 2. The van der Waals surface area contributed by atoms with Gasteiger partial charge >= 0.3 is 0 Å². The second-order valence-corrected chi connectivity index (χ2v) is 5.18. The summed E-state index contributed by atoms with van der Waals surface area (Å²) in [7, 11) is 0. The van der Waals surface area contributed by atoms with Gasteiger partial charge < -0.3 is 10.0 Å². The molecule has 2 N–H and O–H groups in total. The van der Waals surface area contributed by atoms with Gasteiger partial charge in [0.1, 0.15) is 17.4 Å². The number of benzene rings is 1. The van der Waals surface area contributed by atoms with Crippen LogP contribution < -0.4 is 0 Å². The van der Waals surface area contributed by atoms with Crippen molar-refractivity contribution in [2.24, 2.45) is 0 Å². The van der Waals surface area contributed by atoms with Gasteiger partial charge in [-0.3, -0.25) is 9.89 Å². The van der Waals surface area contributed by atoms with Gasteiger partial charge in [0.2, 0.25) is 0 Å². The van der Waals surface area contributed by atoms with E-state index >= 15 is 0 Å². The third-order valence-electron chi connectivity index (χ3n) is 3.65. The summed E-state index contributed by atoms with van der Waals surface area (Å²) < 4.78 is 13.0. The lowest BCUT2D eigenvalue weighted by molar-refractivity contribution is 0.0787. The number of nitrogens with zero attached hydrogens (tertiary/aromatic N) is 3. The highest BCUT2D eigenvalue weighted by molar-refractivity contribution is 5.97. The summed E-state index contributed by atoms with van der Waals surface area (Å²) in [5, 5.41) is 16.6. The summed E-state index contributed by atoms with van der Waals surface area (Å²) in [6, 6.07) is 3.41. The van der Waals surface area contributed by atoms with Crippen LogP contribution in [0.5, 0.6) is 5.75 Å². The van der Waals surface area contributed by atoms with E-state index in [1.54, 1.807) is 4.90 Å². The molecule has 21 heavy (non-hydrogen) atoms. The maximum absolute atomic E-state index is 13.0. The molecule has 0 saturated carbocycles. The SMILES string of the molecule is Cc1nc(C2CCN(C(=O)c3ccc(F)cc3O)C2)n[nH]1. The number of aromatic nitrogens is 3. The van der Waals surface area contributed by atoms with Gasteiger partial charge in [-0.1, -0.05) is 0 Å². The van der Waals surface area contributed by atoms with E-state index < -0.39 is 5.82 Å². The molecular formula is C14H15FN4O2. The summed E-state index contributed by atoms with van der Waals surface area (Å²) in [6.07, 6.45) is 0.769. The first-order valence-electron chi connectivity index (χ1n) is 6.71. The van der Waals surface area contributed by atoms with Crippen molar-refractivity contribution >= 4 is 5.91 Å². The Morgan fingerprint density at radius 3 is 3.00 bits per heavy atom. The molecule has 1 atom stereocenters. The van der Waals surface area contributed by atoms with Crippen LogP contribution in [0.3, 0.4) is 0 Å². The normalized spacial score (nSPS) is 18.2. The smallest absolute Gasteiger partial charge is 0.257 e. The van der Waals surface area contributed by atoms with Crippen LogP contribution in [0.2, 0.25) is 0 Å². The van der Waals surface area contributed by atoms with E-state index in [1.807, 2.05) is 6.92 Å². The predicted octanol–water partition coefficient (Wildman–Crippen LogP) is 1.59. The van der Waals surface area contributed by atoms with E-state index in [2.05, 4.69) is 15.2 Å². The number of aromatic amines is 1. The van der Waals surface area contributed by atoms with Crippen molar-refractivity contribution in [3.63, 3.8) is 0 Å². The molecule has 2 aromatic rings. The van der Waals surface area contributed by atoms with E-state index in [-0.39, 0.29) is 23.1 Å². The van der Waals surface area contributed by atoms with Crippen LogP contribution in [0.25, 0.3) is 0 Å². The molecule has 6 nitrogen and oxygen atoms in total. The van der Waals surface area contributed by atoms with Gasteiger partial charge in [-0.25, -0.2) is 9.37 Å². The number of aryl methyl sites for hydroxylation is 1. The number of nitrogens with one attached hydrogen (secondary N) is 1. The summed E-state index contributed by atoms with van der Waals surface area (Å²) in [4.78, 5) is 18.3. The monoisotopic (exact) mass is 290 g/mol. The van der Waals surface area contributed by atoms with Gasteiger partial charge in [0.15, 0.2) is 5.82 Å². The molecule has 0 radical (unpaired) electrons. The zero-order chi connectivity index (χ0) is 15.0. The first-order chi connectivity index (χ1) is 10.0. The summed E-state index contributed by atoms with van der Waals surface area (Å²) >= 11 is 0. The summed E-state index contributed by atoms with van der Waals surface area (Å²) in [5.41, 5.74) is 0.114. The van der Waals surface area contributed by atoms with Crippen LogP contribution in [0.15, 0.2) is 18.2 Å². The molecule has 110 valence electrons. The molecule has 1 saturated heterocycles. The number of rotatable bonds is 2. The highest BCUT2D eigenvalue weighted by atomic mass is 19.1. The van der Waals surface area contributed by atoms with Crippen molar-refractivity contribution in [1.82, 2.24) is 20.1 Å². The zero-order valence-corrected chi connectivity index (χ0v) is 11.5. The minimum Gasteiger partial charge on any atom is -0.507 e. The van der Waals surface area contributed by atoms with Crippen LogP contribution in [0.4, 0.5) is 4.39 Å². The van der Waals surface area contributed by atoms with Gasteiger partial charge in [-0.15, -0.1) is 0 Å². The number of carbonyl (C=O) groups is 1. The maximum atomic E-state index is 13.0. The Morgan fingerprint density at radius 1 is 1.52 bits per heavy atom. The highest BCUT2D eigenvalue weighted by Gasteiger charge is 2.31. The van der Waals surface area contributed by atoms with Gasteiger partial charge in [0.05, 0.1) is 5.56 Å². The van der Waals surface area contributed by atoms with Crippen molar-refractivity contribution in [2.75, 3.05) is 13.1 Å².